The molecule has 1 N–H and O–H groups in total. The highest BCUT2D eigenvalue weighted by atomic mass is 28.4. The van der Waals surface area contributed by atoms with E-state index in [-0.39, 0.29) is 6.10 Å². The monoisotopic (exact) mass is 360 g/mol. The van der Waals surface area contributed by atoms with Crippen molar-refractivity contribution in [3.63, 3.8) is 0 Å². The smallest absolute Gasteiger partial charge is 0.193 e. The molecule has 0 saturated heterocycles. The lowest BCUT2D eigenvalue weighted by atomic mass is 9.98. The van der Waals surface area contributed by atoms with Crippen LogP contribution in [0.3, 0.4) is 0 Å². The van der Waals surface area contributed by atoms with Crippen LogP contribution < -0.4 is 5.32 Å². The maximum absolute atomic E-state index is 6.82. The Bertz CT molecular complexity index is 536. The Kier molecular flexibility index (Phi) is 5.71. The highest BCUT2D eigenvalue weighted by Gasteiger charge is 2.61. The summed E-state index contributed by atoms with van der Waals surface area (Å²) in [6.07, 6.45) is 4.67. The minimum Gasteiger partial charge on any atom is -0.407 e. The van der Waals surface area contributed by atoms with Gasteiger partial charge in [0.1, 0.15) is 0 Å². The van der Waals surface area contributed by atoms with Gasteiger partial charge in [0, 0.05) is 18.8 Å². The van der Waals surface area contributed by atoms with Crippen molar-refractivity contribution < 1.29 is 4.43 Å². The third kappa shape index (κ3) is 3.86. The van der Waals surface area contributed by atoms with Crippen molar-refractivity contribution in [2.45, 2.75) is 77.7 Å². The fraction of sp³-hybridized carbons (Fsp3) is 0.762. The molecule has 2 saturated carbocycles. The second-order valence-corrected chi connectivity index (χ2v) is 13.4. The molecule has 25 heavy (non-hydrogen) atoms. The van der Waals surface area contributed by atoms with Gasteiger partial charge in [0.2, 0.25) is 0 Å². The van der Waals surface area contributed by atoms with E-state index in [2.05, 4.69) is 57.1 Å². The second kappa shape index (κ2) is 7.49. The first-order valence-corrected chi connectivity index (χ1v) is 12.8. The summed E-state index contributed by atoms with van der Waals surface area (Å²) in [6, 6.07) is 10.4. The highest BCUT2D eigenvalue weighted by molar-refractivity contribution is 6.73. The molecule has 3 nitrogen and oxygen atoms in total. The summed E-state index contributed by atoms with van der Waals surface area (Å²) in [5.74, 6) is 1.88. The zero-order chi connectivity index (χ0) is 18.1. The van der Waals surface area contributed by atoms with E-state index >= 15 is 0 Å². The molecule has 1 aromatic rings. The standard InChI is InChI=1S/C21H36N2OSi/c1-6-25(7-2,8-3)24-20(19-11-9-10-12-22-19)15-23-16-13-17-18(14-16)21(17,4)5/h9-12,16-18,20,23H,6-8,13-15H2,1-5H3/t16-,17+,18-,20?. The number of pyridine rings is 1. The van der Waals surface area contributed by atoms with Crippen molar-refractivity contribution in [2.75, 3.05) is 6.54 Å². The van der Waals surface area contributed by atoms with Crippen molar-refractivity contribution in [3.8, 4) is 0 Å². The third-order valence-electron chi connectivity index (χ3n) is 7.30. The molecule has 0 bridgehead atoms. The fourth-order valence-electron chi connectivity index (χ4n) is 5.02. The van der Waals surface area contributed by atoms with Gasteiger partial charge in [0.25, 0.3) is 0 Å². The Morgan fingerprint density at radius 2 is 1.80 bits per heavy atom. The van der Waals surface area contributed by atoms with Crippen molar-refractivity contribution >= 4 is 8.32 Å². The minimum atomic E-state index is -1.65. The van der Waals surface area contributed by atoms with E-state index in [1.807, 2.05) is 12.3 Å². The van der Waals surface area contributed by atoms with E-state index in [0.29, 0.717) is 11.5 Å². The van der Waals surface area contributed by atoms with Crippen LogP contribution in [0.5, 0.6) is 0 Å². The van der Waals surface area contributed by atoms with Crippen molar-refractivity contribution in [1.82, 2.24) is 10.3 Å². The SMILES string of the molecule is CC[Si](CC)(CC)OC(CN[C@H]1C[C@@H]2[C@H](C1)C2(C)C)c1ccccn1. The molecule has 1 heterocycles. The van der Waals surface area contributed by atoms with Gasteiger partial charge in [-0.1, -0.05) is 40.7 Å². The van der Waals surface area contributed by atoms with Crippen LogP contribution in [0, 0.1) is 17.3 Å². The van der Waals surface area contributed by atoms with Crippen molar-refractivity contribution in [1.29, 1.82) is 0 Å². The molecule has 2 aliphatic rings. The molecule has 1 unspecified atom stereocenters. The average Bonchev–Trinajstić information content (AvgIpc) is 2.99. The van der Waals surface area contributed by atoms with Crippen LogP contribution >= 0.6 is 0 Å². The normalized spacial score (nSPS) is 28.6. The van der Waals surface area contributed by atoms with Gasteiger partial charge in [-0.05, 0) is 60.4 Å². The lowest BCUT2D eigenvalue weighted by molar-refractivity contribution is 0.174. The molecule has 0 radical (unpaired) electrons. The maximum atomic E-state index is 6.82. The van der Waals surface area contributed by atoms with E-state index in [4.69, 9.17) is 4.43 Å². The van der Waals surface area contributed by atoms with E-state index < -0.39 is 8.32 Å². The number of nitrogens with one attached hydrogen (secondary N) is 1. The second-order valence-electron chi connectivity index (χ2n) is 8.72. The summed E-state index contributed by atoms with van der Waals surface area (Å²) in [5.41, 5.74) is 1.69. The molecule has 3 rings (SSSR count). The topological polar surface area (TPSA) is 34.1 Å². The number of fused-ring (bicyclic) bond motifs is 1. The molecular formula is C21H36N2OSi. The predicted octanol–water partition coefficient (Wildman–Crippen LogP) is 5.17. The molecule has 0 aromatic carbocycles. The van der Waals surface area contributed by atoms with Crippen LogP contribution in [0.1, 0.15) is 59.3 Å². The quantitative estimate of drug-likeness (QED) is 0.617. The Hall–Kier alpha value is -0.713. The Morgan fingerprint density at radius 1 is 1.16 bits per heavy atom. The first-order valence-electron chi connectivity index (χ1n) is 10.3. The predicted molar refractivity (Wildman–Crippen MR) is 107 cm³/mol. The zero-order valence-electron chi connectivity index (χ0n) is 16.7. The molecule has 0 aliphatic heterocycles. The van der Waals surface area contributed by atoms with E-state index in [1.165, 1.54) is 31.0 Å². The number of rotatable bonds is 9. The Morgan fingerprint density at radius 3 is 2.32 bits per heavy atom. The molecule has 1 aromatic heterocycles. The van der Waals surface area contributed by atoms with Crippen LogP contribution in [0.25, 0.3) is 0 Å². The highest BCUT2D eigenvalue weighted by Crippen LogP contribution is 2.66. The molecule has 2 aliphatic carbocycles. The average molecular weight is 361 g/mol. The maximum Gasteiger partial charge on any atom is 0.193 e. The number of aromatic nitrogens is 1. The summed E-state index contributed by atoms with van der Waals surface area (Å²) in [5, 5.41) is 3.83. The Labute approximate surface area is 155 Å². The van der Waals surface area contributed by atoms with E-state index in [0.717, 1.165) is 24.1 Å². The zero-order valence-corrected chi connectivity index (χ0v) is 17.7. The van der Waals surface area contributed by atoms with Crippen LogP contribution in [-0.2, 0) is 4.43 Å². The van der Waals surface area contributed by atoms with E-state index in [1.54, 1.807) is 0 Å². The minimum absolute atomic E-state index is 0.0950. The first kappa shape index (κ1) is 19.1. The van der Waals surface area contributed by atoms with Crippen molar-refractivity contribution in [2.24, 2.45) is 17.3 Å². The largest absolute Gasteiger partial charge is 0.407 e. The van der Waals surface area contributed by atoms with Gasteiger partial charge >= 0.3 is 0 Å². The molecular weight excluding hydrogens is 324 g/mol. The molecule has 0 amide bonds. The third-order valence-corrected chi connectivity index (χ3v) is 12.0. The summed E-state index contributed by atoms with van der Waals surface area (Å²) in [6.45, 7) is 12.7. The Balaban J connectivity index is 1.63. The summed E-state index contributed by atoms with van der Waals surface area (Å²) >= 11 is 0. The molecule has 0 spiro atoms. The summed E-state index contributed by atoms with van der Waals surface area (Å²) in [4.78, 5) is 4.62. The van der Waals surface area contributed by atoms with Gasteiger partial charge in [0.15, 0.2) is 8.32 Å². The molecule has 2 fully saturated rings. The van der Waals surface area contributed by atoms with Gasteiger partial charge in [0.05, 0.1) is 11.8 Å². The van der Waals surface area contributed by atoms with Gasteiger partial charge in [-0.2, -0.15) is 0 Å². The lowest BCUT2D eigenvalue weighted by Gasteiger charge is -2.34. The van der Waals surface area contributed by atoms with Crippen LogP contribution in [-0.4, -0.2) is 25.9 Å². The van der Waals surface area contributed by atoms with Gasteiger partial charge in [-0.25, -0.2) is 0 Å². The van der Waals surface area contributed by atoms with Crippen molar-refractivity contribution in [3.05, 3.63) is 30.1 Å². The summed E-state index contributed by atoms with van der Waals surface area (Å²) < 4.78 is 6.82. The van der Waals surface area contributed by atoms with Crippen LogP contribution in [0.15, 0.2) is 24.4 Å². The summed E-state index contributed by atoms with van der Waals surface area (Å²) in [7, 11) is -1.65. The van der Waals surface area contributed by atoms with Crippen LogP contribution in [0.4, 0.5) is 0 Å². The van der Waals surface area contributed by atoms with Crippen LogP contribution in [0.2, 0.25) is 18.1 Å². The van der Waals surface area contributed by atoms with Gasteiger partial charge < -0.3 is 9.74 Å². The lowest BCUT2D eigenvalue weighted by Crippen LogP contribution is -2.41. The van der Waals surface area contributed by atoms with Gasteiger partial charge in [-0.3, -0.25) is 4.98 Å². The first-order chi connectivity index (χ1) is 12.0. The number of nitrogens with zero attached hydrogens (tertiary/aromatic N) is 1. The molecule has 4 heteroatoms. The van der Waals surface area contributed by atoms with E-state index in [9.17, 15) is 0 Å². The molecule has 4 atom stereocenters. The fourth-order valence-corrected chi connectivity index (χ4v) is 7.83. The number of hydrogen-bond donors (Lipinski definition) is 1. The number of hydrogen-bond acceptors (Lipinski definition) is 3. The molecule has 140 valence electrons. The van der Waals surface area contributed by atoms with Gasteiger partial charge in [-0.15, -0.1) is 0 Å².